The number of rotatable bonds is 6. The zero-order chi connectivity index (χ0) is 23.8. The van der Waals surface area contributed by atoms with E-state index in [1.807, 2.05) is 12.1 Å². The number of amides is 1. The number of ether oxygens (including phenoxy) is 1. The molecule has 0 bridgehead atoms. The van der Waals surface area contributed by atoms with E-state index in [1.54, 1.807) is 19.2 Å². The molecule has 182 valence electrons. The SMILES string of the molecule is C=C1CC[C@H]2[C@H](CNC(=O)c3ccc(OC)cc3)[C@@H]([C@@]3(C)CC[C@H](O)C[C@@H]3CO)CCC12C. The van der Waals surface area contributed by atoms with Crippen LogP contribution in [0.3, 0.4) is 0 Å². The number of aliphatic hydroxyl groups is 2. The van der Waals surface area contributed by atoms with Crippen molar-refractivity contribution in [3.05, 3.63) is 42.0 Å². The fourth-order valence-corrected chi connectivity index (χ4v) is 7.52. The number of carbonyl (C=O) groups excluding carboxylic acids is 1. The molecule has 0 heterocycles. The van der Waals surface area contributed by atoms with Crippen molar-refractivity contribution in [2.45, 2.75) is 64.9 Å². The van der Waals surface area contributed by atoms with Gasteiger partial charge in [-0.05, 0) is 104 Å². The number of allylic oxidation sites excluding steroid dienone is 1. The molecule has 33 heavy (non-hydrogen) atoms. The highest BCUT2D eigenvalue weighted by Gasteiger charge is 2.56. The Morgan fingerprint density at radius 1 is 1.15 bits per heavy atom. The lowest BCUT2D eigenvalue weighted by atomic mass is 9.49. The van der Waals surface area contributed by atoms with Gasteiger partial charge in [0.25, 0.3) is 5.91 Å². The van der Waals surface area contributed by atoms with Gasteiger partial charge in [0.05, 0.1) is 13.2 Å². The van der Waals surface area contributed by atoms with Crippen LogP contribution in [0.1, 0.15) is 69.2 Å². The van der Waals surface area contributed by atoms with E-state index in [0.717, 1.165) is 44.3 Å². The summed E-state index contributed by atoms with van der Waals surface area (Å²) in [6, 6.07) is 7.24. The highest BCUT2D eigenvalue weighted by Crippen LogP contribution is 2.63. The van der Waals surface area contributed by atoms with Gasteiger partial charge in [-0.3, -0.25) is 4.79 Å². The summed E-state index contributed by atoms with van der Waals surface area (Å²) in [6.45, 7) is 9.88. The molecule has 1 aromatic rings. The molecule has 0 aliphatic heterocycles. The van der Waals surface area contributed by atoms with E-state index in [9.17, 15) is 15.0 Å². The van der Waals surface area contributed by atoms with E-state index in [0.29, 0.717) is 36.3 Å². The molecule has 0 radical (unpaired) electrons. The van der Waals surface area contributed by atoms with Gasteiger partial charge in [0, 0.05) is 18.7 Å². The van der Waals surface area contributed by atoms with Crippen LogP contribution in [-0.2, 0) is 0 Å². The second-order valence-corrected chi connectivity index (χ2v) is 11.2. The molecule has 0 spiro atoms. The molecule has 0 saturated heterocycles. The number of methoxy groups -OCH3 is 1. The van der Waals surface area contributed by atoms with Crippen LogP contribution in [-0.4, -0.2) is 42.5 Å². The molecule has 3 saturated carbocycles. The molecule has 1 amide bonds. The molecule has 5 nitrogen and oxygen atoms in total. The smallest absolute Gasteiger partial charge is 0.251 e. The van der Waals surface area contributed by atoms with Crippen LogP contribution in [0.5, 0.6) is 5.75 Å². The van der Waals surface area contributed by atoms with Crippen molar-refractivity contribution >= 4 is 5.91 Å². The molecule has 3 fully saturated rings. The Labute approximate surface area is 198 Å². The Bertz CT molecular complexity index is 867. The van der Waals surface area contributed by atoms with E-state index in [2.05, 4.69) is 25.7 Å². The van der Waals surface area contributed by atoms with Crippen LogP contribution in [0.15, 0.2) is 36.4 Å². The van der Waals surface area contributed by atoms with E-state index < -0.39 is 0 Å². The summed E-state index contributed by atoms with van der Waals surface area (Å²) in [5.74, 6) is 2.01. The fourth-order valence-electron chi connectivity index (χ4n) is 7.52. The Morgan fingerprint density at radius 2 is 1.88 bits per heavy atom. The summed E-state index contributed by atoms with van der Waals surface area (Å²) in [6.07, 6.45) is 6.47. The zero-order valence-corrected chi connectivity index (χ0v) is 20.5. The first-order valence-corrected chi connectivity index (χ1v) is 12.6. The van der Waals surface area contributed by atoms with E-state index in [4.69, 9.17) is 4.74 Å². The number of hydrogen-bond donors (Lipinski definition) is 3. The molecule has 1 aromatic carbocycles. The van der Waals surface area contributed by atoms with Crippen LogP contribution in [0.4, 0.5) is 0 Å². The van der Waals surface area contributed by atoms with E-state index in [-0.39, 0.29) is 35.4 Å². The summed E-state index contributed by atoms with van der Waals surface area (Å²) < 4.78 is 5.21. The zero-order valence-electron chi connectivity index (χ0n) is 20.5. The van der Waals surface area contributed by atoms with Crippen molar-refractivity contribution in [1.29, 1.82) is 0 Å². The molecule has 3 aliphatic rings. The highest BCUT2D eigenvalue weighted by atomic mass is 16.5. The van der Waals surface area contributed by atoms with Gasteiger partial charge < -0.3 is 20.3 Å². The fraction of sp³-hybridized carbons (Fsp3) is 0.679. The lowest BCUT2D eigenvalue weighted by molar-refractivity contribution is -0.0928. The van der Waals surface area contributed by atoms with Crippen molar-refractivity contribution in [2.75, 3.05) is 20.3 Å². The number of benzene rings is 1. The second-order valence-electron chi connectivity index (χ2n) is 11.2. The van der Waals surface area contributed by atoms with E-state index in [1.165, 1.54) is 5.57 Å². The van der Waals surface area contributed by atoms with Crippen LogP contribution in [0, 0.1) is 34.5 Å². The van der Waals surface area contributed by atoms with Crippen molar-refractivity contribution < 1.29 is 19.7 Å². The Hall–Kier alpha value is -1.85. The van der Waals surface area contributed by atoms with Gasteiger partial charge in [-0.15, -0.1) is 0 Å². The van der Waals surface area contributed by atoms with Gasteiger partial charge >= 0.3 is 0 Å². The first-order chi connectivity index (χ1) is 15.7. The molecular weight excluding hydrogens is 414 g/mol. The van der Waals surface area contributed by atoms with Crippen LogP contribution >= 0.6 is 0 Å². The predicted molar refractivity (Wildman–Crippen MR) is 130 cm³/mol. The second kappa shape index (κ2) is 9.42. The third-order valence-corrected chi connectivity index (χ3v) is 9.81. The van der Waals surface area contributed by atoms with Crippen LogP contribution in [0.25, 0.3) is 0 Å². The predicted octanol–water partition coefficient (Wildman–Crippen LogP) is 4.58. The topological polar surface area (TPSA) is 78.8 Å². The summed E-state index contributed by atoms with van der Waals surface area (Å²) in [4.78, 5) is 13.0. The Kier molecular flexibility index (Phi) is 6.93. The Morgan fingerprint density at radius 3 is 2.55 bits per heavy atom. The van der Waals surface area contributed by atoms with Gasteiger partial charge in [0.2, 0.25) is 0 Å². The van der Waals surface area contributed by atoms with Crippen LogP contribution < -0.4 is 10.1 Å². The average Bonchev–Trinajstić information content (AvgIpc) is 3.13. The van der Waals surface area contributed by atoms with Crippen molar-refractivity contribution in [3.8, 4) is 5.75 Å². The minimum atomic E-state index is -0.316. The van der Waals surface area contributed by atoms with Gasteiger partial charge in [-0.1, -0.05) is 26.0 Å². The maximum Gasteiger partial charge on any atom is 0.251 e. The highest BCUT2D eigenvalue weighted by molar-refractivity contribution is 5.94. The van der Waals surface area contributed by atoms with Gasteiger partial charge in [0.1, 0.15) is 5.75 Å². The number of aliphatic hydroxyl groups excluding tert-OH is 2. The molecule has 0 aromatic heterocycles. The number of hydrogen-bond acceptors (Lipinski definition) is 4. The molecule has 3 N–H and O–H groups in total. The monoisotopic (exact) mass is 455 g/mol. The number of carbonyl (C=O) groups is 1. The molecule has 7 atom stereocenters. The summed E-state index contributed by atoms with van der Waals surface area (Å²) >= 11 is 0. The molecule has 4 rings (SSSR count). The largest absolute Gasteiger partial charge is 0.497 e. The average molecular weight is 456 g/mol. The maximum absolute atomic E-state index is 13.0. The summed E-state index contributed by atoms with van der Waals surface area (Å²) in [5, 5.41) is 23.8. The van der Waals surface area contributed by atoms with Crippen molar-refractivity contribution in [3.63, 3.8) is 0 Å². The van der Waals surface area contributed by atoms with Gasteiger partial charge in [-0.25, -0.2) is 0 Å². The molecule has 1 unspecified atom stereocenters. The summed E-state index contributed by atoms with van der Waals surface area (Å²) in [7, 11) is 1.62. The number of nitrogens with one attached hydrogen (secondary N) is 1. The quantitative estimate of drug-likeness (QED) is 0.549. The molecule has 3 aliphatic carbocycles. The summed E-state index contributed by atoms with van der Waals surface area (Å²) in [5.41, 5.74) is 2.10. The van der Waals surface area contributed by atoms with Crippen molar-refractivity contribution in [2.24, 2.45) is 34.5 Å². The van der Waals surface area contributed by atoms with Gasteiger partial charge in [0.15, 0.2) is 0 Å². The Balaban J connectivity index is 1.58. The van der Waals surface area contributed by atoms with Crippen molar-refractivity contribution in [1.82, 2.24) is 5.32 Å². The minimum absolute atomic E-state index is 0.0330. The third kappa shape index (κ3) is 4.35. The normalized spacial score (nSPS) is 38.6. The number of fused-ring (bicyclic) bond motifs is 1. The molecular formula is C28H41NO4. The third-order valence-electron chi connectivity index (χ3n) is 9.81. The van der Waals surface area contributed by atoms with Gasteiger partial charge in [-0.2, -0.15) is 0 Å². The lowest BCUT2D eigenvalue weighted by Gasteiger charge is -2.56. The first kappa shape index (κ1) is 24.3. The first-order valence-electron chi connectivity index (χ1n) is 12.6. The van der Waals surface area contributed by atoms with E-state index >= 15 is 0 Å². The lowest BCUT2D eigenvalue weighted by Crippen LogP contribution is -2.53. The standard InChI is InChI=1S/C28H41NO4/c1-18-5-10-24-23(16-29-26(32)19-6-8-22(33-4)9-7-19)25(12-14-27(18,24)2)28(3)13-11-21(31)15-20(28)17-30/h6-9,20-21,23-25,30-31H,1,5,10-17H2,2-4H3,(H,29,32)/t20-,21+,23+,24+,25+,27?,28+/m1/s1. The maximum atomic E-state index is 13.0. The van der Waals surface area contributed by atoms with Crippen LogP contribution in [0.2, 0.25) is 0 Å². The molecule has 5 heteroatoms. The minimum Gasteiger partial charge on any atom is -0.497 e.